The molecule has 9 heteroatoms. The minimum Gasteiger partial charge on any atom is -0.379 e. The molecule has 0 aromatic heterocycles. The van der Waals surface area contributed by atoms with Crippen LogP contribution in [0.15, 0.2) is 59.5 Å². The zero-order valence-electron chi connectivity index (χ0n) is 19.0. The second kappa shape index (κ2) is 10.8. The highest BCUT2D eigenvalue weighted by atomic mass is 32.2. The second-order valence-corrected chi connectivity index (χ2v) is 10.4. The molecule has 33 heavy (non-hydrogen) atoms. The van der Waals surface area contributed by atoms with Crippen LogP contribution in [0.5, 0.6) is 0 Å². The Hall–Kier alpha value is -2.30. The molecule has 4 rings (SSSR count). The van der Waals surface area contributed by atoms with Gasteiger partial charge in [0.25, 0.3) is 0 Å². The number of ether oxygens (including phenoxy) is 1. The third-order valence-corrected chi connectivity index (χ3v) is 8.19. The Labute approximate surface area is 196 Å². The number of rotatable bonds is 7. The van der Waals surface area contributed by atoms with Crippen molar-refractivity contribution in [2.45, 2.75) is 24.4 Å². The maximum Gasteiger partial charge on any atom is 0.243 e. The highest BCUT2D eigenvalue weighted by Crippen LogP contribution is 2.21. The maximum atomic E-state index is 12.9. The predicted molar refractivity (Wildman–Crippen MR) is 127 cm³/mol. The Kier molecular flexibility index (Phi) is 7.77. The molecule has 2 fully saturated rings. The normalized spacial score (nSPS) is 19.8. The Balaban J connectivity index is 1.32. The lowest BCUT2D eigenvalue weighted by atomic mass is 10.1. The molecule has 0 aliphatic carbocycles. The van der Waals surface area contributed by atoms with Crippen molar-refractivity contribution in [1.82, 2.24) is 14.1 Å². The van der Waals surface area contributed by atoms with Gasteiger partial charge in [0.2, 0.25) is 15.9 Å². The molecule has 0 radical (unpaired) electrons. The van der Waals surface area contributed by atoms with Gasteiger partial charge in [-0.3, -0.25) is 14.6 Å². The predicted octanol–water partition coefficient (Wildman–Crippen LogP) is 1.85. The van der Waals surface area contributed by atoms with E-state index in [0.717, 1.165) is 32.7 Å². The van der Waals surface area contributed by atoms with Crippen molar-refractivity contribution < 1.29 is 17.9 Å². The van der Waals surface area contributed by atoms with Crippen LogP contribution >= 0.6 is 0 Å². The van der Waals surface area contributed by atoms with Gasteiger partial charge >= 0.3 is 0 Å². The topological polar surface area (TPSA) is 82.2 Å². The van der Waals surface area contributed by atoms with Gasteiger partial charge in [-0.15, -0.1) is 0 Å². The molecule has 2 aliphatic heterocycles. The molecule has 1 N–H and O–H groups in total. The molecule has 2 aromatic rings. The van der Waals surface area contributed by atoms with Crippen LogP contribution < -0.4 is 5.32 Å². The fourth-order valence-electron chi connectivity index (χ4n) is 4.23. The first-order valence-electron chi connectivity index (χ1n) is 11.4. The highest BCUT2D eigenvalue weighted by molar-refractivity contribution is 7.89. The molecule has 2 aliphatic rings. The number of benzene rings is 2. The van der Waals surface area contributed by atoms with Crippen LogP contribution in [0.4, 0.5) is 5.69 Å². The molecule has 1 atom stereocenters. The number of amides is 1. The zero-order valence-corrected chi connectivity index (χ0v) is 19.8. The summed E-state index contributed by atoms with van der Waals surface area (Å²) in [4.78, 5) is 17.7. The summed E-state index contributed by atoms with van der Waals surface area (Å²) in [6, 6.07) is 16.6. The van der Waals surface area contributed by atoms with Gasteiger partial charge in [-0.05, 0) is 30.7 Å². The van der Waals surface area contributed by atoms with Crippen molar-refractivity contribution in [2.24, 2.45) is 0 Å². The van der Waals surface area contributed by atoms with Crippen molar-refractivity contribution in [2.75, 3.05) is 57.8 Å². The van der Waals surface area contributed by atoms with Crippen LogP contribution in [0.25, 0.3) is 0 Å². The molecule has 8 nitrogen and oxygen atoms in total. The number of carbonyl (C=O) groups is 1. The highest BCUT2D eigenvalue weighted by Gasteiger charge is 2.28. The molecular weight excluding hydrogens is 440 g/mol. The quantitative estimate of drug-likeness (QED) is 0.662. The standard InChI is InChI=1S/C24H32N4O4S/c1-20(27-12-10-26(11-13-27)19-21-6-3-2-4-7-21)24(29)25-22-8-5-9-23(18-22)33(30,31)28-14-16-32-17-15-28/h2-9,18,20H,10-17,19H2,1H3,(H,25,29)/t20-/m1/s1. The van der Waals surface area contributed by atoms with Crippen molar-refractivity contribution in [3.63, 3.8) is 0 Å². The molecule has 0 spiro atoms. The number of nitrogens with one attached hydrogen (secondary N) is 1. The van der Waals surface area contributed by atoms with E-state index in [1.807, 2.05) is 13.0 Å². The van der Waals surface area contributed by atoms with E-state index in [1.165, 1.54) is 15.9 Å². The van der Waals surface area contributed by atoms with Gasteiger partial charge in [-0.25, -0.2) is 8.42 Å². The van der Waals surface area contributed by atoms with Gasteiger partial charge in [-0.1, -0.05) is 36.4 Å². The number of hydrogen-bond acceptors (Lipinski definition) is 6. The lowest BCUT2D eigenvalue weighted by molar-refractivity contribution is -0.121. The summed E-state index contributed by atoms with van der Waals surface area (Å²) < 4.78 is 32.5. The Morgan fingerprint density at radius 1 is 0.970 bits per heavy atom. The van der Waals surface area contributed by atoms with E-state index in [0.29, 0.717) is 32.0 Å². The first-order valence-corrected chi connectivity index (χ1v) is 12.9. The van der Waals surface area contributed by atoms with Crippen molar-refractivity contribution in [1.29, 1.82) is 0 Å². The zero-order chi connectivity index (χ0) is 23.3. The summed E-state index contributed by atoms with van der Waals surface area (Å²) in [6.45, 7) is 7.71. The molecule has 1 amide bonds. The number of anilines is 1. The first-order chi connectivity index (χ1) is 15.9. The van der Waals surface area contributed by atoms with Crippen LogP contribution in [0.1, 0.15) is 12.5 Å². The summed E-state index contributed by atoms with van der Waals surface area (Å²) >= 11 is 0. The van der Waals surface area contributed by atoms with Gasteiger partial charge in [-0.2, -0.15) is 4.31 Å². The summed E-state index contributed by atoms with van der Waals surface area (Å²) in [6.07, 6.45) is 0. The number of hydrogen-bond donors (Lipinski definition) is 1. The molecule has 2 saturated heterocycles. The fourth-order valence-corrected chi connectivity index (χ4v) is 5.69. The summed E-state index contributed by atoms with van der Waals surface area (Å²) in [5.41, 5.74) is 1.78. The van der Waals surface area contributed by atoms with Crippen LogP contribution in [0.3, 0.4) is 0 Å². The molecule has 0 bridgehead atoms. The lowest BCUT2D eigenvalue weighted by Gasteiger charge is -2.37. The van der Waals surface area contributed by atoms with Gasteiger partial charge in [0.1, 0.15) is 0 Å². The molecular formula is C24H32N4O4S. The van der Waals surface area contributed by atoms with E-state index >= 15 is 0 Å². The van der Waals surface area contributed by atoms with E-state index in [-0.39, 0.29) is 16.8 Å². The molecule has 0 unspecified atom stereocenters. The molecule has 2 heterocycles. The van der Waals surface area contributed by atoms with E-state index in [9.17, 15) is 13.2 Å². The van der Waals surface area contributed by atoms with Gasteiger partial charge in [0.05, 0.1) is 24.2 Å². The summed E-state index contributed by atoms with van der Waals surface area (Å²) in [5, 5.41) is 2.90. The average Bonchev–Trinajstić information content (AvgIpc) is 2.85. The molecule has 178 valence electrons. The summed E-state index contributed by atoms with van der Waals surface area (Å²) in [7, 11) is -3.61. The minimum absolute atomic E-state index is 0.132. The molecule has 2 aromatic carbocycles. The molecule has 0 saturated carbocycles. The van der Waals surface area contributed by atoms with Crippen LogP contribution in [0, 0.1) is 0 Å². The number of nitrogens with zero attached hydrogens (tertiary/aromatic N) is 3. The monoisotopic (exact) mass is 472 g/mol. The van der Waals surface area contributed by atoms with Gasteiger partial charge in [0.15, 0.2) is 0 Å². The summed E-state index contributed by atoms with van der Waals surface area (Å²) in [5.74, 6) is -0.132. The van der Waals surface area contributed by atoms with Crippen LogP contribution in [-0.2, 0) is 26.1 Å². The van der Waals surface area contributed by atoms with E-state index in [2.05, 4.69) is 39.4 Å². The SMILES string of the molecule is C[C@H](C(=O)Nc1cccc(S(=O)(=O)N2CCOCC2)c1)N1CCN(Cc2ccccc2)CC1. The number of sulfonamides is 1. The smallest absolute Gasteiger partial charge is 0.243 e. The number of piperazine rings is 1. The third kappa shape index (κ3) is 5.99. The van der Waals surface area contributed by atoms with Crippen LogP contribution in [0.2, 0.25) is 0 Å². The lowest BCUT2D eigenvalue weighted by Crippen LogP contribution is -2.52. The average molecular weight is 473 g/mol. The van der Waals surface area contributed by atoms with E-state index < -0.39 is 10.0 Å². The van der Waals surface area contributed by atoms with Gasteiger partial charge in [0, 0.05) is 51.5 Å². The number of morpholine rings is 1. The van der Waals surface area contributed by atoms with Crippen molar-refractivity contribution in [3.8, 4) is 0 Å². The third-order valence-electron chi connectivity index (χ3n) is 6.29. The first kappa shape index (κ1) is 23.8. The number of carbonyl (C=O) groups excluding carboxylic acids is 1. The second-order valence-electron chi connectivity index (χ2n) is 8.51. The van der Waals surface area contributed by atoms with Crippen LogP contribution in [-0.4, -0.2) is 87.0 Å². The Morgan fingerprint density at radius 2 is 1.67 bits per heavy atom. The van der Waals surface area contributed by atoms with E-state index in [4.69, 9.17) is 4.74 Å². The Morgan fingerprint density at radius 3 is 2.36 bits per heavy atom. The Bertz CT molecular complexity index is 1030. The van der Waals surface area contributed by atoms with Crippen molar-refractivity contribution >= 4 is 21.6 Å². The fraction of sp³-hybridized carbons (Fsp3) is 0.458. The van der Waals surface area contributed by atoms with E-state index in [1.54, 1.807) is 18.2 Å². The largest absolute Gasteiger partial charge is 0.379 e. The van der Waals surface area contributed by atoms with Gasteiger partial charge < -0.3 is 10.1 Å². The maximum absolute atomic E-state index is 12.9. The minimum atomic E-state index is -3.61. The van der Waals surface area contributed by atoms with Crippen molar-refractivity contribution in [3.05, 3.63) is 60.2 Å².